The predicted molar refractivity (Wildman–Crippen MR) is 75.8 cm³/mol. The van der Waals surface area contributed by atoms with Crippen LogP contribution in [0, 0.1) is 0 Å². The summed E-state index contributed by atoms with van der Waals surface area (Å²) in [5, 5.41) is 0. The van der Waals surface area contributed by atoms with Crippen LogP contribution in [0.1, 0.15) is 13.8 Å². The van der Waals surface area contributed by atoms with E-state index in [2.05, 4.69) is 23.5 Å². The third-order valence-corrected chi connectivity index (χ3v) is 3.00. The van der Waals surface area contributed by atoms with Gasteiger partial charge in [0.25, 0.3) is 0 Å². The number of hydrogen-bond acceptors (Lipinski definition) is 6. The quantitative estimate of drug-likeness (QED) is 0.553. The Hall–Kier alpha value is -1.11. The van der Waals surface area contributed by atoms with Crippen molar-refractivity contribution in [1.29, 1.82) is 0 Å². The molecule has 1 aliphatic heterocycles. The number of rotatable bonds is 5. The smallest absolute Gasteiger partial charge is 0.331 e. The van der Waals surface area contributed by atoms with Gasteiger partial charge < -0.3 is 14.2 Å². The maximum atomic E-state index is 11.3. The minimum absolute atomic E-state index is 0. The van der Waals surface area contributed by atoms with Gasteiger partial charge in [0.05, 0.1) is 20.3 Å². The highest BCUT2D eigenvalue weighted by molar-refractivity contribution is 5.91. The van der Waals surface area contributed by atoms with Crippen LogP contribution in [-0.2, 0) is 23.8 Å². The molecule has 116 valence electrons. The van der Waals surface area contributed by atoms with E-state index in [1.807, 2.05) is 0 Å². The summed E-state index contributed by atoms with van der Waals surface area (Å²) < 4.78 is 14.8. The standard InChI is InChI=1S/C13H21NO5.ClH/c1-10-8-18-9-11(2)14(10)6-7-19-13(16)5-4-12(15)17-3;/h4-5,10-11H,6-9H2,1-3H3;1H/t10-,11-;/m0./s1. The second kappa shape index (κ2) is 9.74. The molecule has 0 unspecified atom stereocenters. The second-order valence-electron chi connectivity index (χ2n) is 4.50. The van der Waals surface area contributed by atoms with E-state index in [9.17, 15) is 9.59 Å². The molecule has 6 nitrogen and oxygen atoms in total. The minimum atomic E-state index is -0.577. The van der Waals surface area contributed by atoms with E-state index in [1.54, 1.807) is 0 Å². The maximum absolute atomic E-state index is 11.3. The Kier molecular flexibility index (Phi) is 9.20. The van der Waals surface area contributed by atoms with E-state index in [-0.39, 0.29) is 12.4 Å². The zero-order chi connectivity index (χ0) is 14.3. The lowest BCUT2D eigenvalue weighted by atomic mass is 10.2. The van der Waals surface area contributed by atoms with E-state index >= 15 is 0 Å². The van der Waals surface area contributed by atoms with Gasteiger partial charge in [-0.05, 0) is 13.8 Å². The van der Waals surface area contributed by atoms with Gasteiger partial charge in [-0.15, -0.1) is 12.4 Å². The first kappa shape index (κ1) is 18.9. The predicted octanol–water partition coefficient (Wildman–Crippen LogP) is 0.790. The lowest BCUT2D eigenvalue weighted by Crippen LogP contribution is -2.50. The Bertz CT molecular complexity index is 338. The summed E-state index contributed by atoms with van der Waals surface area (Å²) in [7, 11) is 1.25. The lowest BCUT2D eigenvalue weighted by Gasteiger charge is -2.38. The number of hydrogen-bond donors (Lipinski definition) is 0. The molecule has 0 aromatic carbocycles. The topological polar surface area (TPSA) is 65.1 Å². The van der Waals surface area contributed by atoms with Crippen LogP contribution < -0.4 is 0 Å². The van der Waals surface area contributed by atoms with Crippen LogP contribution in [0.4, 0.5) is 0 Å². The summed E-state index contributed by atoms with van der Waals surface area (Å²) in [5.41, 5.74) is 0. The fourth-order valence-corrected chi connectivity index (χ4v) is 1.98. The molecular formula is C13H22ClNO5. The SMILES string of the molecule is COC(=O)C=CC(=O)OCCN1[C@@H](C)COC[C@@H]1C.Cl. The summed E-state index contributed by atoms with van der Waals surface area (Å²) >= 11 is 0. The molecule has 0 spiro atoms. The molecule has 1 fully saturated rings. The lowest BCUT2D eigenvalue weighted by molar-refractivity contribution is -0.140. The number of carbonyl (C=O) groups is 2. The number of esters is 2. The van der Waals surface area contributed by atoms with Crippen LogP contribution in [0.25, 0.3) is 0 Å². The van der Waals surface area contributed by atoms with Gasteiger partial charge in [-0.3, -0.25) is 4.90 Å². The highest BCUT2D eigenvalue weighted by atomic mass is 35.5. The number of morpholine rings is 1. The molecule has 7 heteroatoms. The van der Waals surface area contributed by atoms with E-state index < -0.39 is 11.9 Å². The van der Waals surface area contributed by atoms with Crippen LogP contribution in [0.2, 0.25) is 0 Å². The molecule has 20 heavy (non-hydrogen) atoms. The monoisotopic (exact) mass is 307 g/mol. The average Bonchev–Trinajstić information content (AvgIpc) is 2.39. The average molecular weight is 308 g/mol. The van der Waals surface area contributed by atoms with Crippen LogP contribution >= 0.6 is 12.4 Å². The number of halogens is 1. The summed E-state index contributed by atoms with van der Waals surface area (Å²) in [6.07, 6.45) is 2.11. The molecule has 0 radical (unpaired) electrons. The van der Waals surface area contributed by atoms with Gasteiger partial charge in [-0.2, -0.15) is 0 Å². The number of methoxy groups -OCH3 is 1. The number of carbonyl (C=O) groups excluding carboxylic acids is 2. The Balaban J connectivity index is 0.00000361. The first-order valence-corrected chi connectivity index (χ1v) is 6.31. The minimum Gasteiger partial charge on any atom is -0.466 e. The van der Waals surface area contributed by atoms with Crippen molar-refractivity contribution < 1.29 is 23.8 Å². The highest BCUT2D eigenvalue weighted by Gasteiger charge is 2.24. The van der Waals surface area contributed by atoms with Crippen LogP contribution in [-0.4, -0.2) is 62.4 Å². The first-order valence-electron chi connectivity index (χ1n) is 6.31. The molecule has 1 saturated heterocycles. The molecule has 2 atom stereocenters. The van der Waals surface area contributed by atoms with E-state index in [4.69, 9.17) is 9.47 Å². The fraction of sp³-hybridized carbons (Fsp3) is 0.692. The summed E-state index contributed by atoms with van der Waals surface area (Å²) in [5.74, 6) is -1.12. The van der Waals surface area contributed by atoms with Gasteiger partial charge >= 0.3 is 11.9 Å². The van der Waals surface area contributed by atoms with Crippen molar-refractivity contribution in [3.8, 4) is 0 Å². The molecule has 0 saturated carbocycles. The largest absolute Gasteiger partial charge is 0.466 e. The first-order chi connectivity index (χ1) is 9.04. The molecule has 0 bridgehead atoms. The molecule has 0 aromatic heterocycles. The van der Waals surface area contributed by atoms with Crippen LogP contribution in [0.3, 0.4) is 0 Å². The van der Waals surface area contributed by atoms with Crippen molar-refractivity contribution in [2.45, 2.75) is 25.9 Å². The van der Waals surface area contributed by atoms with Crippen LogP contribution in [0.5, 0.6) is 0 Å². The normalized spacial score (nSPS) is 23.1. The van der Waals surface area contributed by atoms with Gasteiger partial charge in [0.1, 0.15) is 6.61 Å². The van der Waals surface area contributed by atoms with Crippen molar-refractivity contribution >= 4 is 24.3 Å². The van der Waals surface area contributed by atoms with Crippen molar-refractivity contribution in [3.05, 3.63) is 12.2 Å². The third-order valence-electron chi connectivity index (χ3n) is 3.00. The highest BCUT2D eigenvalue weighted by Crippen LogP contribution is 2.12. The second-order valence-corrected chi connectivity index (χ2v) is 4.50. The zero-order valence-electron chi connectivity index (χ0n) is 12.0. The molecule has 0 aromatic rings. The summed E-state index contributed by atoms with van der Waals surface area (Å²) in [6.45, 7) is 6.49. The Morgan fingerprint density at radius 2 is 1.75 bits per heavy atom. The Morgan fingerprint density at radius 3 is 2.30 bits per heavy atom. The molecule has 1 aliphatic rings. The Labute approximate surface area is 125 Å². The van der Waals surface area contributed by atoms with Crippen molar-refractivity contribution in [1.82, 2.24) is 4.90 Å². The van der Waals surface area contributed by atoms with Crippen molar-refractivity contribution in [2.75, 3.05) is 33.5 Å². The van der Waals surface area contributed by atoms with Crippen molar-refractivity contribution in [3.63, 3.8) is 0 Å². The molecule has 1 rings (SSSR count). The van der Waals surface area contributed by atoms with Crippen molar-refractivity contribution in [2.24, 2.45) is 0 Å². The van der Waals surface area contributed by atoms with E-state index in [0.29, 0.717) is 38.4 Å². The molecule has 0 N–H and O–H groups in total. The third kappa shape index (κ3) is 6.36. The van der Waals surface area contributed by atoms with E-state index in [1.165, 1.54) is 7.11 Å². The molecular weight excluding hydrogens is 286 g/mol. The van der Waals surface area contributed by atoms with Crippen LogP contribution in [0.15, 0.2) is 12.2 Å². The Morgan fingerprint density at radius 1 is 1.20 bits per heavy atom. The maximum Gasteiger partial charge on any atom is 0.331 e. The number of nitrogens with zero attached hydrogens (tertiary/aromatic N) is 1. The van der Waals surface area contributed by atoms with Gasteiger partial charge in [0, 0.05) is 30.8 Å². The summed E-state index contributed by atoms with van der Waals surface area (Å²) in [6, 6.07) is 0.626. The molecule has 0 amide bonds. The van der Waals surface area contributed by atoms with Gasteiger partial charge in [-0.1, -0.05) is 0 Å². The molecule has 1 heterocycles. The van der Waals surface area contributed by atoms with E-state index in [0.717, 1.165) is 12.2 Å². The molecule has 0 aliphatic carbocycles. The fourth-order valence-electron chi connectivity index (χ4n) is 1.98. The van der Waals surface area contributed by atoms with Gasteiger partial charge in [-0.25, -0.2) is 9.59 Å². The van der Waals surface area contributed by atoms with Gasteiger partial charge in [0.15, 0.2) is 0 Å². The van der Waals surface area contributed by atoms with Gasteiger partial charge in [0.2, 0.25) is 0 Å². The zero-order valence-corrected chi connectivity index (χ0v) is 12.9. The summed E-state index contributed by atoms with van der Waals surface area (Å²) in [4.78, 5) is 24.3. The number of ether oxygens (including phenoxy) is 3.